The van der Waals surface area contributed by atoms with E-state index < -0.39 is 11.7 Å². The van der Waals surface area contributed by atoms with Gasteiger partial charge in [0.2, 0.25) is 0 Å². The normalized spacial score (nSPS) is 10.8. The first-order valence-corrected chi connectivity index (χ1v) is 8.73. The smallest absolute Gasteiger partial charge is 0.404 e. The van der Waals surface area contributed by atoms with Gasteiger partial charge >= 0.3 is 6.09 Å². The van der Waals surface area contributed by atoms with Gasteiger partial charge in [-0.25, -0.2) is 9.78 Å². The van der Waals surface area contributed by atoms with Gasteiger partial charge in [0.15, 0.2) is 11.4 Å². The van der Waals surface area contributed by atoms with Crippen molar-refractivity contribution >= 4 is 34.1 Å². The van der Waals surface area contributed by atoms with Crippen LogP contribution in [0.15, 0.2) is 59.7 Å². The number of ether oxygens (including phenoxy) is 1. The minimum atomic E-state index is -1.23. The molecular formula is C20H17N5O4. The second-order valence-electron chi connectivity index (χ2n) is 6.21. The van der Waals surface area contributed by atoms with Gasteiger partial charge in [-0.1, -0.05) is 6.07 Å². The Bertz CT molecular complexity index is 1290. The fourth-order valence-electron chi connectivity index (χ4n) is 3.05. The van der Waals surface area contributed by atoms with Crippen LogP contribution in [0.3, 0.4) is 0 Å². The topological polar surface area (TPSA) is 118 Å². The molecule has 4 aromatic rings. The second-order valence-corrected chi connectivity index (χ2v) is 6.21. The van der Waals surface area contributed by atoms with Gasteiger partial charge in [0.25, 0.3) is 5.56 Å². The molecule has 3 N–H and O–H groups in total. The molecule has 9 heteroatoms. The number of rotatable bonds is 5. The fourth-order valence-corrected chi connectivity index (χ4v) is 3.05. The quantitative estimate of drug-likeness (QED) is 0.479. The number of pyridine rings is 2. The minimum Gasteiger partial charge on any atom is -0.493 e. The standard InChI is InChI=1S/C20H17N5O4/c1-29-16-5-3-9-25-18(16)24-17(14(19(25)26)11-22-20(27)28)23-13-6-7-15-12(10-13)4-2-8-21-15/h2-10,22-23H,11H2,1H3,(H,27,28). The predicted molar refractivity (Wildman–Crippen MR) is 108 cm³/mol. The zero-order valence-corrected chi connectivity index (χ0v) is 15.4. The predicted octanol–water partition coefficient (Wildman–Crippen LogP) is 2.76. The molecule has 0 radical (unpaired) electrons. The van der Waals surface area contributed by atoms with Crippen LogP contribution in [-0.2, 0) is 6.54 Å². The van der Waals surface area contributed by atoms with Crippen LogP contribution in [-0.4, -0.2) is 32.7 Å². The number of hydrogen-bond acceptors (Lipinski definition) is 6. The van der Waals surface area contributed by atoms with Gasteiger partial charge in [0.05, 0.1) is 24.7 Å². The van der Waals surface area contributed by atoms with Crippen LogP contribution in [0, 0.1) is 0 Å². The number of benzene rings is 1. The molecule has 3 heterocycles. The third kappa shape index (κ3) is 3.53. The highest BCUT2D eigenvalue weighted by Crippen LogP contribution is 2.24. The number of amides is 1. The average molecular weight is 391 g/mol. The second kappa shape index (κ2) is 7.47. The van der Waals surface area contributed by atoms with Crippen molar-refractivity contribution in [2.75, 3.05) is 12.4 Å². The van der Waals surface area contributed by atoms with Crippen molar-refractivity contribution in [3.63, 3.8) is 0 Å². The Balaban J connectivity index is 1.86. The van der Waals surface area contributed by atoms with Gasteiger partial charge in [0.1, 0.15) is 5.82 Å². The molecule has 9 nitrogen and oxygen atoms in total. The Morgan fingerprint density at radius 1 is 1.24 bits per heavy atom. The van der Waals surface area contributed by atoms with Gasteiger partial charge in [-0.2, -0.15) is 0 Å². The summed E-state index contributed by atoms with van der Waals surface area (Å²) in [5.41, 5.74) is 1.63. The van der Waals surface area contributed by atoms with E-state index >= 15 is 0 Å². The molecule has 29 heavy (non-hydrogen) atoms. The summed E-state index contributed by atoms with van der Waals surface area (Å²) in [5, 5.41) is 15.3. The fraction of sp³-hybridized carbons (Fsp3) is 0.100. The number of carbonyl (C=O) groups is 1. The van der Waals surface area contributed by atoms with E-state index in [2.05, 4.69) is 20.6 Å². The average Bonchev–Trinajstić information content (AvgIpc) is 2.73. The highest BCUT2D eigenvalue weighted by atomic mass is 16.5. The van der Waals surface area contributed by atoms with E-state index in [1.807, 2.05) is 30.3 Å². The summed E-state index contributed by atoms with van der Waals surface area (Å²) in [6.45, 7) is -0.196. The molecule has 1 aromatic carbocycles. The van der Waals surface area contributed by atoms with Gasteiger partial charge in [-0.3, -0.25) is 14.2 Å². The monoisotopic (exact) mass is 391 g/mol. The molecule has 0 bridgehead atoms. The van der Waals surface area contributed by atoms with E-state index in [0.717, 1.165) is 10.9 Å². The third-order valence-electron chi connectivity index (χ3n) is 4.41. The number of fused-ring (bicyclic) bond motifs is 2. The summed E-state index contributed by atoms with van der Waals surface area (Å²) in [7, 11) is 1.49. The van der Waals surface area contributed by atoms with E-state index in [4.69, 9.17) is 9.84 Å². The Morgan fingerprint density at radius 3 is 2.90 bits per heavy atom. The van der Waals surface area contributed by atoms with Gasteiger partial charge in [-0.05, 0) is 36.4 Å². The molecule has 0 saturated carbocycles. The van der Waals surface area contributed by atoms with E-state index in [9.17, 15) is 9.59 Å². The molecule has 0 unspecified atom stereocenters. The number of aromatic nitrogens is 3. The maximum absolute atomic E-state index is 13.0. The van der Waals surface area contributed by atoms with Crippen molar-refractivity contribution in [3.8, 4) is 5.75 Å². The Kier molecular flexibility index (Phi) is 4.70. The molecule has 0 spiro atoms. The first kappa shape index (κ1) is 18.2. The first-order chi connectivity index (χ1) is 14.1. The van der Waals surface area contributed by atoms with Crippen molar-refractivity contribution in [1.29, 1.82) is 0 Å². The zero-order valence-electron chi connectivity index (χ0n) is 15.4. The van der Waals surface area contributed by atoms with Crippen LogP contribution in [0.5, 0.6) is 5.75 Å². The lowest BCUT2D eigenvalue weighted by Crippen LogP contribution is -2.29. The molecule has 146 valence electrons. The summed E-state index contributed by atoms with van der Waals surface area (Å²) < 4.78 is 6.64. The lowest BCUT2D eigenvalue weighted by atomic mass is 10.2. The summed E-state index contributed by atoms with van der Waals surface area (Å²) in [6, 6.07) is 12.7. The van der Waals surface area contributed by atoms with Crippen molar-refractivity contribution in [2.45, 2.75) is 6.54 Å². The number of methoxy groups -OCH3 is 1. The lowest BCUT2D eigenvalue weighted by molar-refractivity contribution is 0.194. The van der Waals surface area contributed by atoms with E-state index in [-0.39, 0.29) is 17.9 Å². The van der Waals surface area contributed by atoms with Crippen molar-refractivity contribution in [1.82, 2.24) is 19.7 Å². The number of nitrogens with zero attached hydrogens (tertiary/aromatic N) is 3. The van der Waals surface area contributed by atoms with Gasteiger partial charge < -0.3 is 20.5 Å². The van der Waals surface area contributed by atoms with Crippen LogP contribution < -0.4 is 20.9 Å². The molecule has 0 aliphatic rings. The molecule has 0 aliphatic carbocycles. The zero-order chi connectivity index (χ0) is 20.4. The molecule has 0 aliphatic heterocycles. The molecule has 3 aromatic heterocycles. The molecule has 0 atom stereocenters. The Labute approximate surface area is 164 Å². The highest BCUT2D eigenvalue weighted by molar-refractivity contribution is 5.83. The summed E-state index contributed by atoms with van der Waals surface area (Å²) in [5.74, 6) is 0.671. The van der Waals surface area contributed by atoms with E-state index in [1.165, 1.54) is 11.5 Å². The first-order valence-electron chi connectivity index (χ1n) is 8.73. The van der Waals surface area contributed by atoms with Crippen molar-refractivity contribution in [3.05, 3.63) is 70.8 Å². The van der Waals surface area contributed by atoms with Crippen molar-refractivity contribution in [2.24, 2.45) is 0 Å². The third-order valence-corrected chi connectivity index (χ3v) is 4.41. The van der Waals surface area contributed by atoms with Crippen LogP contribution in [0.25, 0.3) is 16.6 Å². The Morgan fingerprint density at radius 2 is 2.10 bits per heavy atom. The van der Waals surface area contributed by atoms with Crippen LogP contribution in [0.2, 0.25) is 0 Å². The molecule has 0 fully saturated rings. The van der Waals surface area contributed by atoms with Gasteiger partial charge in [0, 0.05) is 23.5 Å². The van der Waals surface area contributed by atoms with Crippen LogP contribution in [0.4, 0.5) is 16.3 Å². The maximum atomic E-state index is 13.0. The van der Waals surface area contributed by atoms with Crippen LogP contribution >= 0.6 is 0 Å². The van der Waals surface area contributed by atoms with E-state index in [1.54, 1.807) is 24.5 Å². The highest BCUT2D eigenvalue weighted by Gasteiger charge is 2.16. The molecule has 0 saturated heterocycles. The largest absolute Gasteiger partial charge is 0.493 e. The SMILES string of the molecule is COc1cccn2c(=O)c(CNC(=O)O)c(Nc3ccc4ncccc4c3)nc12. The number of anilines is 2. The minimum absolute atomic E-state index is 0.185. The molecule has 1 amide bonds. The summed E-state index contributed by atoms with van der Waals surface area (Å²) in [4.78, 5) is 32.8. The molecular weight excluding hydrogens is 374 g/mol. The number of hydrogen-bond donors (Lipinski definition) is 3. The molecule has 4 rings (SSSR count). The summed E-state index contributed by atoms with van der Waals surface area (Å²) >= 11 is 0. The number of nitrogens with one attached hydrogen (secondary N) is 2. The Hall–Kier alpha value is -4.14. The van der Waals surface area contributed by atoms with E-state index in [0.29, 0.717) is 17.1 Å². The summed E-state index contributed by atoms with van der Waals surface area (Å²) in [6.07, 6.45) is 2.04. The lowest BCUT2D eigenvalue weighted by Gasteiger charge is -2.14. The maximum Gasteiger partial charge on any atom is 0.404 e. The number of carboxylic acid groups (broad SMARTS) is 1. The van der Waals surface area contributed by atoms with Crippen molar-refractivity contribution < 1.29 is 14.6 Å². The van der Waals surface area contributed by atoms with Crippen LogP contribution in [0.1, 0.15) is 5.56 Å². The van der Waals surface area contributed by atoms with Gasteiger partial charge in [-0.15, -0.1) is 0 Å².